The van der Waals surface area contributed by atoms with Gasteiger partial charge in [-0.05, 0) is 116 Å². The maximum atomic E-state index is 12.9. The molecule has 0 aromatic heterocycles. The molecule has 0 aliphatic rings. The molecule has 0 aromatic carbocycles. The molecule has 0 aliphatic carbocycles. The second-order valence-corrected chi connectivity index (χ2v) is 21.3. The van der Waals surface area contributed by atoms with Gasteiger partial charge in [0.15, 0.2) is 6.10 Å². The van der Waals surface area contributed by atoms with Crippen LogP contribution < -0.4 is 0 Å². The number of esters is 3. The molecular formula is C69H120O6. The fourth-order valence-corrected chi connectivity index (χ4v) is 9.05. The third kappa shape index (κ3) is 61.3. The molecule has 1 atom stereocenters. The minimum absolute atomic E-state index is 0.0880. The second-order valence-electron chi connectivity index (χ2n) is 21.3. The van der Waals surface area contributed by atoms with Crippen LogP contribution in [0.1, 0.15) is 316 Å². The van der Waals surface area contributed by atoms with Crippen molar-refractivity contribution >= 4 is 17.9 Å². The average Bonchev–Trinajstić information content (AvgIpc) is 3.41. The molecule has 1 unspecified atom stereocenters. The Morgan fingerprint density at radius 3 is 0.827 bits per heavy atom. The van der Waals surface area contributed by atoms with E-state index in [2.05, 4.69) is 106 Å². The normalized spacial score (nSPS) is 12.6. The van der Waals surface area contributed by atoms with Crippen molar-refractivity contribution in [2.45, 2.75) is 322 Å². The van der Waals surface area contributed by atoms with Crippen LogP contribution in [0.25, 0.3) is 0 Å². The van der Waals surface area contributed by atoms with Gasteiger partial charge in [0, 0.05) is 19.3 Å². The highest BCUT2D eigenvalue weighted by Crippen LogP contribution is 2.16. The molecule has 0 spiro atoms. The summed E-state index contributed by atoms with van der Waals surface area (Å²) in [5.41, 5.74) is 0. The molecule has 0 amide bonds. The van der Waals surface area contributed by atoms with Crippen molar-refractivity contribution in [1.29, 1.82) is 0 Å². The molecule has 0 saturated heterocycles. The molecule has 6 heteroatoms. The van der Waals surface area contributed by atoms with Crippen LogP contribution in [-0.2, 0) is 28.6 Å². The lowest BCUT2D eigenvalue weighted by Crippen LogP contribution is -2.30. The lowest BCUT2D eigenvalue weighted by Gasteiger charge is -2.18. The molecule has 0 N–H and O–H groups in total. The average molecular weight is 1050 g/mol. The van der Waals surface area contributed by atoms with E-state index in [1.807, 2.05) is 0 Å². The number of carbonyl (C=O) groups is 3. The van der Waals surface area contributed by atoms with Crippen molar-refractivity contribution in [3.8, 4) is 0 Å². The lowest BCUT2D eigenvalue weighted by molar-refractivity contribution is -0.167. The van der Waals surface area contributed by atoms with E-state index in [0.29, 0.717) is 19.3 Å². The van der Waals surface area contributed by atoms with Gasteiger partial charge in [-0.1, -0.05) is 266 Å². The van der Waals surface area contributed by atoms with E-state index < -0.39 is 6.10 Å². The van der Waals surface area contributed by atoms with Gasteiger partial charge >= 0.3 is 17.9 Å². The number of hydrogen-bond donors (Lipinski definition) is 0. The van der Waals surface area contributed by atoms with Crippen LogP contribution >= 0.6 is 0 Å². The number of carbonyl (C=O) groups excluding carboxylic acids is 3. The van der Waals surface area contributed by atoms with Crippen LogP contribution in [-0.4, -0.2) is 37.2 Å². The molecule has 432 valence electrons. The first-order chi connectivity index (χ1) is 37.0. The molecule has 0 aromatic rings. The highest BCUT2D eigenvalue weighted by Gasteiger charge is 2.19. The van der Waals surface area contributed by atoms with Gasteiger partial charge in [0.25, 0.3) is 0 Å². The van der Waals surface area contributed by atoms with Crippen molar-refractivity contribution in [2.24, 2.45) is 0 Å². The maximum absolute atomic E-state index is 12.9. The van der Waals surface area contributed by atoms with Crippen molar-refractivity contribution < 1.29 is 28.6 Å². The van der Waals surface area contributed by atoms with Crippen LogP contribution in [0.15, 0.2) is 85.1 Å². The van der Waals surface area contributed by atoms with Crippen molar-refractivity contribution in [3.63, 3.8) is 0 Å². The minimum atomic E-state index is -0.794. The smallest absolute Gasteiger partial charge is 0.306 e. The number of allylic oxidation sites excluding steroid dienone is 14. The highest BCUT2D eigenvalue weighted by molar-refractivity contribution is 5.71. The Labute approximate surface area is 465 Å². The number of ether oxygens (including phenoxy) is 3. The maximum Gasteiger partial charge on any atom is 0.306 e. The first kappa shape index (κ1) is 71.6. The van der Waals surface area contributed by atoms with Crippen LogP contribution in [0, 0.1) is 0 Å². The van der Waals surface area contributed by atoms with E-state index in [9.17, 15) is 14.4 Å². The summed E-state index contributed by atoms with van der Waals surface area (Å²) in [4.78, 5) is 38.3. The Morgan fingerprint density at radius 1 is 0.280 bits per heavy atom. The fraction of sp³-hybridized carbons (Fsp3) is 0.754. The van der Waals surface area contributed by atoms with Gasteiger partial charge in [0.05, 0.1) is 0 Å². The molecule has 75 heavy (non-hydrogen) atoms. The van der Waals surface area contributed by atoms with Gasteiger partial charge in [0.2, 0.25) is 0 Å². The summed E-state index contributed by atoms with van der Waals surface area (Å²) < 4.78 is 16.9. The molecule has 0 bridgehead atoms. The Balaban J connectivity index is 4.38. The molecule has 6 nitrogen and oxygen atoms in total. The fourth-order valence-electron chi connectivity index (χ4n) is 9.05. The van der Waals surface area contributed by atoms with Crippen LogP contribution in [0.5, 0.6) is 0 Å². The molecule has 0 radical (unpaired) electrons. The van der Waals surface area contributed by atoms with E-state index in [0.717, 1.165) is 103 Å². The molecule has 0 fully saturated rings. The zero-order chi connectivity index (χ0) is 54.3. The van der Waals surface area contributed by atoms with Crippen molar-refractivity contribution in [2.75, 3.05) is 13.2 Å². The SMILES string of the molecule is CC/C=C\C/C=C\C/C=C\C/C=C\CCCCCCC(=O)OC(COC(=O)CCCCCCCCC/C=C\CCCCCCCC)COC(=O)CCCCCCCCCCCCC/C=C\C/C=C\CCCCCCC. The van der Waals surface area contributed by atoms with Crippen LogP contribution in [0.3, 0.4) is 0 Å². The van der Waals surface area contributed by atoms with Crippen LogP contribution in [0.2, 0.25) is 0 Å². The largest absolute Gasteiger partial charge is 0.462 e. The quantitative estimate of drug-likeness (QED) is 0.0261. The van der Waals surface area contributed by atoms with E-state index in [1.54, 1.807) is 0 Å². The minimum Gasteiger partial charge on any atom is -0.462 e. The Bertz CT molecular complexity index is 1430. The summed E-state index contributed by atoms with van der Waals surface area (Å²) in [6.07, 6.45) is 83.0. The summed E-state index contributed by atoms with van der Waals surface area (Å²) in [5.74, 6) is -0.906. The lowest BCUT2D eigenvalue weighted by atomic mass is 10.0. The van der Waals surface area contributed by atoms with Gasteiger partial charge in [-0.3, -0.25) is 14.4 Å². The number of hydrogen-bond acceptors (Lipinski definition) is 6. The van der Waals surface area contributed by atoms with Crippen molar-refractivity contribution in [3.05, 3.63) is 85.1 Å². The summed E-state index contributed by atoms with van der Waals surface area (Å²) in [5, 5.41) is 0. The van der Waals surface area contributed by atoms with Gasteiger partial charge < -0.3 is 14.2 Å². The van der Waals surface area contributed by atoms with Gasteiger partial charge in [-0.15, -0.1) is 0 Å². The second kappa shape index (κ2) is 63.1. The molecule has 0 rings (SSSR count). The predicted octanol–water partition coefficient (Wildman–Crippen LogP) is 21.9. The van der Waals surface area contributed by atoms with Crippen LogP contribution in [0.4, 0.5) is 0 Å². The third-order valence-electron chi connectivity index (χ3n) is 13.9. The first-order valence-electron chi connectivity index (χ1n) is 32.1. The Hall–Kier alpha value is -3.41. The van der Waals surface area contributed by atoms with E-state index in [4.69, 9.17) is 14.2 Å². The zero-order valence-corrected chi connectivity index (χ0v) is 49.6. The molecular weight excluding hydrogens is 925 g/mol. The summed E-state index contributed by atoms with van der Waals surface area (Å²) >= 11 is 0. The van der Waals surface area contributed by atoms with Gasteiger partial charge in [0.1, 0.15) is 13.2 Å². The summed E-state index contributed by atoms with van der Waals surface area (Å²) in [7, 11) is 0. The number of rotatable bonds is 58. The predicted molar refractivity (Wildman–Crippen MR) is 325 cm³/mol. The standard InChI is InChI=1S/C69H120O6/c1-4-7-10-13-16-19-22-25-28-31-32-33-34-35-36-39-41-44-47-50-53-56-59-62-68(71)74-65-66(75-69(72)63-60-57-54-51-48-45-42-38-30-27-24-21-18-15-12-9-6-3)64-73-67(70)61-58-55-52-49-46-43-40-37-29-26-23-20-17-14-11-8-5-2/h9,12,18,21-22,25-27,29-32,42,45,66H,4-8,10-11,13-17,19-20,23-24,28,33-41,43-44,46-65H2,1-3H3/b12-9-,21-18-,25-22-,29-26-,30-27-,32-31-,45-42-. The summed E-state index contributed by atoms with van der Waals surface area (Å²) in [6.45, 7) is 6.52. The van der Waals surface area contributed by atoms with E-state index >= 15 is 0 Å². The van der Waals surface area contributed by atoms with Crippen molar-refractivity contribution in [1.82, 2.24) is 0 Å². The number of unbranched alkanes of at least 4 members (excludes halogenated alkanes) is 33. The summed E-state index contributed by atoms with van der Waals surface area (Å²) in [6, 6.07) is 0. The van der Waals surface area contributed by atoms with Gasteiger partial charge in [-0.2, -0.15) is 0 Å². The van der Waals surface area contributed by atoms with Gasteiger partial charge in [-0.25, -0.2) is 0 Å². The molecule has 0 heterocycles. The Kier molecular flexibility index (Phi) is 60.3. The first-order valence-corrected chi connectivity index (χ1v) is 32.1. The topological polar surface area (TPSA) is 78.9 Å². The van der Waals surface area contributed by atoms with E-state index in [1.165, 1.54) is 173 Å². The molecule has 0 saturated carbocycles. The Morgan fingerprint density at radius 2 is 0.520 bits per heavy atom. The van der Waals surface area contributed by atoms with E-state index in [-0.39, 0.29) is 31.1 Å². The zero-order valence-electron chi connectivity index (χ0n) is 49.6. The monoisotopic (exact) mass is 1040 g/mol. The third-order valence-corrected chi connectivity index (χ3v) is 13.9. The highest BCUT2D eigenvalue weighted by atomic mass is 16.6. The molecule has 0 aliphatic heterocycles.